The molecule has 0 unspecified atom stereocenters. The van der Waals surface area contributed by atoms with Gasteiger partial charge in [-0.2, -0.15) is 17.4 Å². The van der Waals surface area contributed by atoms with Gasteiger partial charge in [-0.15, -0.1) is 0 Å². The number of morpholine rings is 1. The molecule has 0 radical (unpaired) electrons. The van der Waals surface area contributed by atoms with Crippen molar-refractivity contribution in [3.63, 3.8) is 0 Å². The van der Waals surface area contributed by atoms with Crippen LogP contribution >= 0.6 is 15.9 Å². The Balaban J connectivity index is 1.99. The molecule has 7 heteroatoms. The lowest BCUT2D eigenvalue weighted by Gasteiger charge is -2.28. The lowest BCUT2D eigenvalue weighted by Crippen LogP contribution is -2.50. The fraction of sp³-hybridized carbons (Fsp3) is 1.00. The highest BCUT2D eigenvalue weighted by Crippen LogP contribution is 2.37. The minimum absolute atomic E-state index is 0.225. The number of hydrogen-bond acceptors (Lipinski definition) is 3. The van der Waals surface area contributed by atoms with E-state index in [0.717, 1.165) is 12.8 Å². The molecule has 0 aromatic rings. The van der Waals surface area contributed by atoms with Gasteiger partial charge < -0.3 is 4.74 Å². The second-order valence-corrected chi connectivity index (χ2v) is 6.26. The summed E-state index contributed by atoms with van der Waals surface area (Å²) in [6.07, 6.45) is 1.84. The summed E-state index contributed by atoms with van der Waals surface area (Å²) in [7, 11) is -3.32. The van der Waals surface area contributed by atoms with E-state index < -0.39 is 10.2 Å². The molecular weight excluding hydrogens is 284 g/mol. The van der Waals surface area contributed by atoms with E-state index in [2.05, 4.69) is 20.7 Å². The number of hydrogen-bond donors (Lipinski definition) is 1. The summed E-state index contributed by atoms with van der Waals surface area (Å²) in [6.45, 7) is 1.88. The Morgan fingerprint density at radius 3 is 2.40 bits per heavy atom. The van der Waals surface area contributed by atoms with Crippen molar-refractivity contribution >= 4 is 26.1 Å². The molecule has 0 spiro atoms. The van der Waals surface area contributed by atoms with Crippen molar-refractivity contribution in [2.75, 3.05) is 31.6 Å². The second kappa shape index (κ2) is 4.29. The molecule has 2 fully saturated rings. The maximum atomic E-state index is 11.9. The average Bonchev–Trinajstić information content (AvgIpc) is 2.99. The predicted octanol–water partition coefficient (Wildman–Crippen LogP) is 0.0805. The van der Waals surface area contributed by atoms with Gasteiger partial charge in [-0.1, -0.05) is 15.9 Å². The number of halogens is 1. The summed E-state index contributed by atoms with van der Waals surface area (Å²) in [5.74, 6) is 0. The van der Waals surface area contributed by atoms with Crippen LogP contribution in [0.5, 0.6) is 0 Å². The molecule has 0 amide bonds. The molecule has 1 aliphatic carbocycles. The molecular formula is C8H15BrN2O3S. The molecule has 0 atom stereocenters. The lowest BCUT2D eigenvalue weighted by atomic mass is 10.4. The van der Waals surface area contributed by atoms with Gasteiger partial charge in [0.25, 0.3) is 10.2 Å². The molecule has 1 saturated carbocycles. The highest BCUT2D eigenvalue weighted by Gasteiger charge is 2.46. The van der Waals surface area contributed by atoms with Crippen molar-refractivity contribution in [1.82, 2.24) is 9.03 Å². The van der Waals surface area contributed by atoms with Crippen LogP contribution in [0.2, 0.25) is 0 Å². The zero-order valence-corrected chi connectivity index (χ0v) is 10.8. The highest BCUT2D eigenvalue weighted by atomic mass is 79.9. The van der Waals surface area contributed by atoms with E-state index in [1.807, 2.05) is 0 Å². The van der Waals surface area contributed by atoms with E-state index in [1.54, 1.807) is 0 Å². The third-order valence-corrected chi connectivity index (χ3v) is 5.57. The Hall–Kier alpha value is 0.310. The number of alkyl halides is 1. The van der Waals surface area contributed by atoms with Gasteiger partial charge in [-0.25, -0.2) is 0 Å². The summed E-state index contributed by atoms with van der Waals surface area (Å²) in [5, 5.41) is 0.684. The van der Waals surface area contributed by atoms with E-state index in [4.69, 9.17) is 4.74 Å². The standard InChI is InChI=1S/C8H15BrN2O3S/c9-7-8(1-2-8)10-15(12,13)11-3-5-14-6-4-11/h10H,1-7H2. The Labute approximate surface area is 98.5 Å². The van der Waals surface area contributed by atoms with Gasteiger partial charge in [-0.05, 0) is 12.8 Å². The monoisotopic (exact) mass is 298 g/mol. The highest BCUT2D eigenvalue weighted by molar-refractivity contribution is 9.09. The van der Waals surface area contributed by atoms with Crippen LogP contribution in [0.25, 0.3) is 0 Å². The topological polar surface area (TPSA) is 58.6 Å². The van der Waals surface area contributed by atoms with Gasteiger partial charge in [0.15, 0.2) is 0 Å². The fourth-order valence-corrected chi connectivity index (χ4v) is 4.01. The number of ether oxygens (including phenoxy) is 1. The van der Waals surface area contributed by atoms with E-state index in [-0.39, 0.29) is 5.54 Å². The first-order chi connectivity index (χ1) is 7.08. The molecule has 15 heavy (non-hydrogen) atoms. The van der Waals surface area contributed by atoms with Gasteiger partial charge >= 0.3 is 0 Å². The van der Waals surface area contributed by atoms with Crippen LogP contribution in [0.3, 0.4) is 0 Å². The molecule has 5 nitrogen and oxygen atoms in total. The van der Waals surface area contributed by atoms with Crippen molar-refractivity contribution in [2.45, 2.75) is 18.4 Å². The number of nitrogens with one attached hydrogen (secondary N) is 1. The largest absolute Gasteiger partial charge is 0.379 e. The summed E-state index contributed by atoms with van der Waals surface area (Å²) in [5.41, 5.74) is -0.225. The van der Waals surface area contributed by atoms with E-state index >= 15 is 0 Å². The first-order valence-electron chi connectivity index (χ1n) is 5.01. The lowest BCUT2D eigenvalue weighted by molar-refractivity contribution is 0.0723. The first kappa shape index (κ1) is 11.8. The van der Waals surface area contributed by atoms with Crippen LogP contribution in [-0.2, 0) is 14.9 Å². The molecule has 1 N–H and O–H groups in total. The van der Waals surface area contributed by atoms with Crippen molar-refractivity contribution < 1.29 is 13.2 Å². The summed E-state index contributed by atoms with van der Waals surface area (Å²) in [4.78, 5) is 0. The van der Waals surface area contributed by atoms with Crippen LogP contribution in [0.1, 0.15) is 12.8 Å². The van der Waals surface area contributed by atoms with Crippen LogP contribution in [-0.4, -0.2) is 49.9 Å². The molecule has 0 aromatic heterocycles. The SMILES string of the molecule is O=S(=O)(NC1(CBr)CC1)N1CCOCC1. The Morgan fingerprint density at radius 2 is 1.93 bits per heavy atom. The predicted molar refractivity (Wildman–Crippen MR) is 60.2 cm³/mol. The molecule has 2 aliphatic rings. The quantitative estimate of drug-likeness (QED) is 0.748. The van der Waals surface area contributed by atoms with Crippen molar-refractivity contribution in [3.8, 4) is 0 Å². The van der Waals surface area contributed by atoms with Crippen molar-refractivity contribution in [1.29, 1.82) is 0 Å². The van der Waals surface area contributed by atoms with E-state index in [0.29, 0.717) is 31.6 Å². The van der Waals surface area contributed by atoms with E-state index in [1.165, 1.54) is 4.31 Å². The first-order valence-corrected chi connectivity index (χ1v) is 7.57. The maximum absolute atomic E-state index is 11.9. The molecule has 1 heterocycles. The molecule has 0 aromatic carbocycles. The van der Waals surface area contributed by atoms with Gasteiger partial charge in [0.2, 0.25) is 0 Å². The van der Waals surface area contributed by atoms with E-state index in [9.17, 15) is 8.42 Å². The zero-order chi connectivity index (χ0) is 10.9. The van der Waals surface area contributed by atoms with Crippen LogP contribution < -0.4 is 4.72 Å². The Bertz CT molecular complexity index is 323. The van der Waals surface area contributed by atoms with Gasteiger partial charge in [0, 0.05) is 24.0 Å². The number of nitrogens with zero attached hydrogens (tertiary/aromatic N) is 1. The van der Waals surface area contributed by atoms with Crippen molar-refractivity contribution in [2.24, 2.45) is 0 Å². The molecule has 88 valence electrons. The number of rotatable bonds is 4. The fourth-order valence-electron chi connectivity index (χ4n) is 1.54. The van der Waals surface area contributed by atoms with Crippen LogP contribution in [0.4, 0.5) is 0 Å². The van der Waals surface area contributed by atoms with Crippen LogP contribution in [0.15, 0.2) is 0 Å². The van der Waals surface area contributed by atoms with Gasteiger partial charge in [0.05, 0.1) is 13.2 Å². The zero-order valence-electron chi connectivity index (χ0n) is 8.41. The third-order valence-electron chi connectivity index (χ3n) is 2.76. The molecule has 1 aliphatic heterocycles. The average molecular weight is 299 g/mol. The molecule has 0 bridgehead atoms. The Morgan fingerprint density at radius 1 is 1.33 bits per heavy atom. The Kier molecular flexibility index (Phi) is 3.37. The minimum atomic E-state index is -3.32. The maximum Gasteiger partial charge on any atom is 0.280 e. The minimum Gasteiger partial charge on any atom is -0.379 e. The summed E-state index contributed by atoms with van der Waals surface area (Å²) >= 11 is 3.34. The summed E-state index contributed by atoms with van der Waals surface area (Å²) in [6, 6.07) is 0. The summed E-state index contributed by atoms with van der Waals surface area (Å²) < 4.78 is 33.2. The molecule has 2 rings (SSSR count). The van der Waals surface area contributed by atoms with Gasteiger partial charge in [-0.3, -0.25) is 0 Å². The smallest absolute Gasteiger partial charge is 0.280 e. The third kappa shape index (κ3) is 2.71. The van der Waals surface area contributed by atoms with Gasteiger partial charge in [0.1, 0.15) is 0 Å². The van der Waals surface area contributed by atoms with Crippen molar-refractivity contribution in [3.05, 3.63) is 0 Å². The normalized spacial score (nSPS) is 26.5. The molecule has 1 saturated heterocycles. The second-order valence-electron chi connectivity index (χ2n) is 4.03. The van der Waals surface area contributed by atoms with Crippen LogP contribution in [0, 0.1) is 0 Å².